The lowest BCUT2D eigenvalue weighted by atomic mass is 10.2. The summed E-state index contributed by atoms with van der Waals surface area (Å²) in [7, 11) is 5.24. The van der Waals surface area contributed by atoms with Gasteiger partial charge in [0.2, 0.25) is 17.7 Å². The van der Waals surface area contributed by atoms with Gasteiger partial charge in [-0.2, -0.15) is 0 Å². The van der Waals surface area contributed by atoms with Crippen LogP contribution in [-0.4, -0.2) is 51.2 Å². The molecule has 0 radical (unpaired) electrons. The van der Waals surface area contributed by atoms with Gasteiger partial charge in [0, 0.05) is 54.0 Å². The van der Waals surface area contributed by atoms with Gasteiger partial charge < -0.3 is 25.4 Å². The third-order valence-corrected chi connectivity index (χ3v) is 7.10. The Balaban J connectivity index is -0.000000657. The highest BCUT2D eigenvalue weighted by atomic mass is 16.6. The molecule has 318 valence electrons. The number of nitro benzene ring substituents is 2. The molecular weight excluding hydrogens is 741 g/mol. The molecule has 5 rings (SSSR count). The van der Waals surface area contributed by atoms with Crippen molar-refractivity contribution in [3.63, 3.8) is 0 Å². The first-order chi connectivity index (χ1) is 27.6. The zero-order chi connectivity index (χ0) is 45.5. The highest BCUT2D eigenvalue weighted by molar-refractivity contribution is 5.94. The van der Waals surface area contributed by atoms with E-state index in [4.69, 9.17) is 5.73 Å². The fourth-order valence-corrected chi connectivity index (χ4v) is 4.23. The fraction of sp³-hybridized carbons (Fsp3) is 0.349. The number of nitrogens with zero attached hydrogens (tertiary/aromatic N) is 6. The molecule has 15 nitrogen and oxygen atoms in total. The first kappa shape index (κ1) is 55.7. The van der Waals surface area contributed by atoms with Gasteiger partial charge >= 0.3 is 0 Å². The lowest BCUT2D eigenvalue weighted by Gasteiger charge is -2.16. The summed E-state index contributed by atoms with van der Waals surface area (Å²) in [6, 6.07) is 27.6. The fourth-order valence-electron chi connectivity index (χ4n) is 4.23. The number of hydrogen-bond acceptors (Lipinski definition) is 9. The number of aromatic nitrogens is 2. The van der Waals surface area contributed by atoms with Crippen LogP contribution in [0.5, 0.6) is 0 Å². The molecule has 1 heterocycles. The number of nitrogen functional groups attached to an aromatic ring is 1. The number of carbonyl (C=O) groups is 3. The summed E-state index contributed by atoms with van der Waals surface area (Å²) in [5, 5.41) is 23.4. The maximum absolute atomic E-state index is 11.0. The van der Waals surface area contributed by atoms with Crippen LogP contribution in [0.4, 0.5) is 34.1 Å². The normalized spacial score (nSPS) is 8.81. The molecule has 5 aromatic rings. The number of benzene rings is 4. The zero-order valence-electron chi connectivity index (χ0n) is 36.9. The molecule has 0 fully saturated rings. The summed E-state index contributed by atoms with van der Waals surface area (Å²) in [6.45, 7) is 22.2. The standard InChI is InChI=1S/C9H10N2O3.C9H12N2O.C9H10N2.C8H8N2O3.4C2H6/c1-7(12)10(2)8-5-3-4-6-9(8)11(13)14;1-7(12)11(2)9-6-4-3-5-8(9)10;1-7-10-8-5-3-4-6-9(8)11(7)2;1-6(11)9-7-4-2-3-5-8(7)10(12)13;4*1-2/h3-6H,1-2H3;3-6H,10H2,1-2H3;3-6H,1-2H3;2-5H,1H3,(H,9,11);4*1-2H3. The minimum Gasteiger partial charge on any atom is -0.397 e. The minimum atomic E-state index is -0.536. The molecule has 0 saturated heterocycles. The van der Waals surface area contributed by atoms with Gasteiger partial charge in [-0.1, -0.05) is 104 Å². The minimum absolute atomic E-state index is 0.0205. The maximum Gasteiger partial charge on any atom is 0.292 e. The third kappa shape index (κ3) is 19.3. The van der Waals surface area contributed by atoms with Crippen molar-refractivity contribution in [2.24, 2.45) is 7.05 Å². The molecule has 0 unspecified atom stereocenters. The monoisotopic (exact) mass is 804 g/mol. The molecule has 3 amide bonds. The van der Waals surface area contributed by atoms with E-state index in [9.17, 15) is 34.6 Å². The number of amides is 3. The Hall–Kier alpha value is -6.64. The van der Waals surface area contributed by atoms with E-state index in [1.807, 2.05) is 106 Å². The second-order valence-electron chi connectivity index (χ2n) is 10.6. The van der Waals surface area contributed by atoms with Crippen molar-refractivity contribution in [1.29, 1.82) is 0 Å². The molecule has 0 aliphatic carbocycles. The van der Waals surface area contributed by atoms with Crippen LogP contribution in [0.15, 0.2) is 97.1 Å². The molecule has 0 spiro atoms. The molecule has 3 N–H and O–H groups in total. The van der Waals surface area contributed by atoms with E-state index in [2.05, 4.69) is 20.9 Å². The largest absolute Gasteiger partial charge is 0.397 e. The average molecular weight is 805 g/mol. The Morgan fingerprint density at radius 2 is 1.03 bits per heavy atom. The van der Waals surface area contributed by atoms with E-state index in [-0.39, 0.29) is 34.8 Å². The van der Waals surface area contributed by atoms with Gasteiger partial charge in [-0.25, -0.2) is 4.98 Å². The van der Waals surface area contributed by atoms with Crippen molar-refractivity contribution in [3.05, 3.63) is 123 Å². The summed E-state index contributed by atoms with van der Waals surface area (Å²) in [5.41, 5.74) is 9.68. The van der Waals surface area contributed by atoms with Crippen molar-refractivity contribution >= 4 is 62.9 Å². The zero-order valence-corrected chi connectivity index (χ0v) is 36.9. The van der Waals surface area contributed by atoms with Crippen LogP contribution >= 0.6 is 0 Å². The Bertz CT molecular complexity index is 1980. The number of aryl methyl sites for hydroxylation is 2. The molecule has 4 aromatic carbocycles. The van der Waals surface area contributed by atoms with Gasteiger partial charge in [-0.3, -0.25) is 34.6 Å². The Morgan fingerprint density at radius 3 is 1.48 bits per heavy atom. The van der Waals surface area contributed by atoms with E-state index in [0.29, 0.717) is 11.4 Å². The molecule has 58 heavy (non-hydrogen) atoms. The number of anilines is 4. The summed E-state index contributed by atoms with van der Waals surface area (Å²) in [4.78, 5) is 59.8. The van der Waals surface area contributed by atoms with Crippen molar-refractivity contribution < 1.29 is 24.2 Å². The molecule has 0 aliphatic heterocycles. The van der Waals surface area contributed by atoms with Gasteiger partial charge in [-0.15, -0.1) is 0 Å². The smallest absolute Gasteiger partial charge is 0.292 e. The molecule has 0 saturated carbocycles. The summed E-state index contributed by atoms with van der Waals surface area (Å²) in [6.07, 6.45) is 0. The van der Waals surface area contributed by atoms with Gasteiger partial charge in [0.25, 0.3) is 11.4 Å². The second-order valence-corrected chi connectivity index (χ2v) is 10.6. The van der Waals surface area contributed by atoms with Crippen LogP contribution in [0, 0.1) is 27.2 Å². The molecular formula is C43H64N8O7. The lowest BCUT2D eigenvalue weighted by Crippen LogP contribution is -2.23. The number of para-hydroxylation sites is 8. The number of carbonyl (C=O) groups excluding carboxylic acids is 3. The predicted molar refractivity (Wildman–Crippen MR) is 240 cm³/mol. The molecule has 1 aromatic heterocycles. The van der Waals surface area contributed by atoms with E-state index < -0.39 is 9.85 Å². The van der Waals surface area contributed by atoms with Gasteiger partial charge in [-0.05, 0) is 43.3 Å². The molecule has 0 bridgehead atoms. The van der Waals surface area contributed by atoms with Crippen LogP contribution < -0.4 is 20.9 Å². The quantitative estimate of drug-likeness (QED) is 0.0985. The Labute approximate surface area is 344 Å². The van der Waals surface area contributed by atoms with E-state index in [1.165, 1.54) is 61.3 Å². The van der Waals surface area contributed by atoms with E-state index >= 15 is 0 Å². The summed E-state index contributed by atoms with van der Waals surface area (Å²) < 4.78 is 2.09. The number of rotatable bonds is 5. The number of nitrogens with two attached hydrogens (primary N) is 1. The SMILES string of the molecule is CC.CC.CC.CC.CC(=O)N(C)c1ccccc1N.CC(=O)N(C)c1ccccc1[N+](=O)[O-].CC(=O)Nc1ccccc1[N+](=O)[O-].Cc1nc2ccccc2n1C. The van der Waals surface area contributed by atoms with Crippen LogP contribution in [0.1, 0.15) is 82.0 Å². The van der Waals surface area contributed by atoms with Gasteiger partial charge in [0.1, 0.15) is 17.2 Å². The molecule has 15 heteroatoms. The highest BCUT2D eigenvalue weighted by Gasteiger charge is 2.18. The highest BCUT2D eigenvalue weighted by Crippen LogP contribution is 2.26. The average Bonchev–Trinajstić information content (AvgIpc) is 3.53. The number of nitrogens with one attached hydrogen (secondary N) is 1. The van der Waals surface area contributed by atoms with E-state index in [0.717, 1.165) is 17.0 Å². The Kier molecular flexibility index (Phi) is 30.3. The van der Waals surface area contributed by atoms with E-state index in [1.54, 1.807) is 43.4 Å². The molecule has 0 aliphatic rings. The van der Waals surface area contributed by atoms with Gasteiger partial charge in [0.15, 0.2) is 0 Å². The van der Waals surface area contributed by atoms with Crippen molar-refractivity contribution in [1.82, 2.24) is 9.55 Å². The van der Waals surface area contributed by atoms with Gasteiger partial charge in [0.05, 0.1) is 32.3 Å². The number of hydrogen-bond donors (Lipinski definition) is 2. The van der Waals surface area contributed by atoms with Crippen LogP contribution in [0.25, 0.3) is 11.0 Å². The first-order valence-corrected chi connectivity index (χ1v) is 19.0. The first-order valence-electron chi connectivity index (χ1n) is 19.0. The maximum atomic E-state index is 11.0. The predicted octanol–water partition coefficient (Wildman–Crippen LogP) is 10.4. The lowest BCUT2D eigenvalue weighted by molar-refractivity contribution is -0.384. The number of imidazole rings is 1. The summed E-state index contributed by atoms with van der Waals surface area (Å²) in [5.74, 6) is 0.479. The topological polar surface area (TPSA) is 200 Å². The third-order valence-electron chi connectivity index (χ3n) is 7.10. The van der Waals surface area contributed by atoms with Crippen LogP contribution in [-0.2, 0) is 21.4 Å². The van der Waals surface area contributed by atoms with Crippen molar-refractivity contribution in [2.45, 2.75) is 83.1 Å². The summed E-state index contributed by atoms with van der Waals surface area (Å²) >= 11 is 0. The molecule has 0 atom stereocenters. The van der Waals surface area contributed by atoms with Crippen LogP contribution in [0.2, 0.25) is 0 Å². The van der Waals surface area contributed by atoms with Crippen LogP contribution in [0.3, 0.4) is 0 Å². The number of fused-ring (bicyclic) bond motifs is 1. The van der Waals surface area contributed by atoms with Crippen molar-refractivity contribution in [3.8, 4) is 0 Å². The second kappa shape index (κ2) is 31.6. The number of nitro groups is 2. The Morgan fingerprint density at radius 1 is 0.638 bits per heavy atom. The van der Waals surface area contributed by atoms with Crippen molar-refractivity contribution in [2.75, 3.05) is 34.9 Å².